The summed E-state index contributed by atoms with van der Waals surface area (Å²) in [6.07, 6.45) is 0. The first-order valence-electron chi connectivity index (χ1n) is 4.26. The van der Waals surface area contributed by atoms with E-state index in [4.69, 9.17) is 5.73 Å². The third-order valence-corrected chi connectivity index (χ3v) is 1.99. The maximum atomic E-state index is 13.3. The van der Waals surface area contributed by atoms with E-state index in [2.05, 4.69) is 4.74 Å². The number of nitro groups is 1. The second-order valence-corrected chi connectivity index (χ2v) is 2.91. The van der Waals surface area contributed by atoms with Gasteiger partial charge in [0.2, 0.25) is 0 Å². The Labute approximate surface area is 90.0 Å². The summed E-state index contributed by atoms with van der Waals surface area (Å²) < 4.78 is 17.6. The molecule has 0 radical (unpaired) electrons. The van der Waals surface area contributed by atoms with Crippen molar-refractivity contribution in [1.29, 1.82) is 0 Å². The summed E-state index contributed by atoms with van der Waals surface area (Å²) in [5.74, 6) is -1.86. The molecule has 0 aliphatic heterocycles. The first kappa shape index (κ1) is 12.1. The van der Waals surface area contributed by atoms with E-state index in [0.717, 1.165) is 19.2 Å². The molecule has 86 valence electrons. The molecule has 0 unspecified atom stereocenters. The number of nitrogens with zero attached hydrogens (tertiary/aromatic N) is 1. The van der Waals surface area contributed by atoms with Gasteiger partial charge < -0.3 is 10.5 Å². The van der Waals surface area contributed by atoms with Crippen LogP contribution < -0.4 is 5.73 Å². The van der Waals surface area contributed by atoms with Crippen molar-refractivity contribution in [3.05, 3.63) is 39.2 Å². The number of hydrogen-bond donors (Lipinski definition) is 1. The Morgan fingerprint density at radius 1 is 1.62 bits per heavy atom. The number of ether oxygens (including phenoxy) is 1. The Kier molecular flexibility index (Phi) is 3.51. The summed E-state index contributed by atoms with van der Waals surface area (Å²) in [5, 5.41) is 10.6. The van der Waals surface area contributed by atoms with Gasteiger partial charge >= 0.3 is 5.97 Å². The van der Waals surface area contributed by atoms with Gasteiger partial charge in [0.1, 0.15) is 11.4 Å². The second-order valence-electron chi connectivity index (χ2n) is 2.91. The molecule has 0 aliphatic rings. The summed E-state index contributed by atoms with van der Waals surface area (Å²) >= 11 is 0. The molecule has 0 aromatic heterocycles. The minimum absolute atomic E-state index is 0.0233. The summed E-state index contributed by atoms with van der Waals surface area (Å²) in [7, 11) is 1.06. The topological polar surface area (TPSA) is 95.5 Å². The Morgan fingerprint density at radius 3 is 2.69 bits per heavy atom. The number of halogens is 1. The number of nitrogens with two attached hydrogens (primary N) is 1. The lowest BCUT2D eigenvalue weighted by molar-refractivity contribution is -0.385. The standard InChI is InChI=1S/C9H9FN2O4/c1-16-9(13)6-3-8(12(14)15)5(4-11)2-7(6)10/h2-3H,4,11H2,1H3. The normalized spacial score (nSPS) is 9.94. The minimum Gasteiger partial charge on any atom is -0.465 e. The zero-order valence-electron chi connectivity index (χ0n) is 8.40. The molecule has 6 nitrogen and oxygen atoms in total. The highest BCUT2D eigenvalue weighted by atomic mass is 19.1. The highest BCUT2D eigenvalue weighted by molar-refractivity contribution is 5.90. The van der Waals surface area contributed by atoms with Gasteiger partial charge in [0.15, 0.2) is 0 Å². The average molecular weight is 228 g/mol. The highest BCUT2D eigenvalue weighted by Gasteiger charge is 2.21. The highest BCUT2D eigenvalue weighted by Crippen LogP contribution is 2.23. The zero-order chi connectivity index (χ0) is 12.3. The fourth-order valence-corrected chi connectivity index (χ4v) is 1.20. The van der Waals surface area contributed by atoms with Crippen LogP contribution in [0.15, 0.2) is 12.1 Å². The number of benzene rings is 1. The van der Waals surface area contributed by atoms with Crippen molar-refractivity contribution in [2.45, 2.75) is 6.54 Å². The van der Waals surface area contributed by atoms with Gasteiger partial charge in [-0.1, -0.05) is 0 Å². The molecule has 0 saturated heterocycles. The lowest BCUT2D eigenvalue weighted by Crippen LogP contribution is -2.09. The van der Waals surface area contributed by atoms with E-state index in [1.165, 1.54) is 0 Å². The first-order valence-corrected chi connectivity index (χ1v) is 4.26. The molecule has 0 spiro atoms. The second kappa shape index (κ2) is 4.67. The van der Waals surface area contributed by atoms with Crippen LogP contribution in [0.5, 0.6) is 0 Å². The van der Waals surface area contributed by atoms with E-state index in [-0.39, 0.29) is 12.1 Å². The Bertz CT molecular complexity index is 447. The van der Waals surface area contributed by atoms with Crippen LogP contribution in [0, 0.1) is 15.9 Å². The van der Waals surface area contributed by atoms with Crippen LogP contribution in [0.4, 0.5) is 10.1 Å². The molecule has 0 bridgehead atoms. The van der Waals surface area contributed by atoms with E-state index < -0.39 is 28.0 Å². The third-order valence-electron chi connectivity index (χ3n) is 1.99. The summed E-state index contributed by atoms with van der Waals surface area (Å²) in [4.78, 5) is 21.0. The molecule has 0 saturated carbocycles. The number of rotatable bonds is 3. The van der Waals surface area contributed by atoms with Crippen molar-refractivity contribution in [2.75, 3.05) is 7.11 Å². The molecule has 0 atom stereocenters. The molecule has 7 heteroatoms. The molecule has 0 aliphatic carbocycles. The number of carbonyl (C=O) groups excluding carboxylic acids is 1. The quantitative estimate of drug-likeness (QED) is 0.472. The van der Waals surface area contributed by atoms with E-state index in [1.54, 1.807) is 0 Å². The Balaban J connectivity index is 3.38. The van der Waals surface area contributed by atoms with E-state index in [9.17, 15) is 19.3 Å². The molecule has 0 heterocycles. The van der Waals surface area contributed by atoms with Crippen LogP contribution in [-0.4, -0.2) is 18.0 Å². The summed E-state index contributed by atoms with van der Waals surface area (Å²) in [5.41, 5.74) is 4.37. The zero-order valence-corrected chi connectivity index (χ0v) is 8.40. The number of nitro benzene ring substituents is 1. The summed E-state index contributed by atoms with van der Waals surface area (Å²) in [6, 6.07) is 1.69. The Hall–Kier alpha value is -2.02. The third kappa shape index (κ3) is 2.14. The number of hydrogen-bond acceptors (Lipinski definition) is 5. The minimum atomic E-state index is -0.968. The van der Waals surface area contributed by atoms with Crippen LogP contribution in [-0.2, 0) is 11.3 Å². The first-order chi connectivity index (χ1) is 7.51. The number of carbonyl (C=O) groups is 1. The van der Waals surface area contributed by atoms with Gasteiger partial charge in [-0.25, -0.2) is 9.18 Å². The van der Waals surface area contributed by atoms with Gasteiger partial charge in [-0.2, -0.15) is 0 Å². The van der Waals surface area contributed by atoms with Crippen molar-refractivity contribution < 1.29 is 18.8 Å². The van der Waals surface area contributed by atoms with E-state index in [0.29, 0.717) is 0 Å². The van der Waals surface area contributed by atoms with Crippen LogP contribution in [0.2, 0.25) is 0 Å². The fraction of sp³-hybridized carbons (Fsp3) is 0.222. The van der Waals surface area contributed by atoms with Gasteiger partial charge in [-0.3, -0.25) is 10.1 Å². The molecule has 0 amide bonds. The molecule has 2 N–H and O–H groups in total. The number of methoxy groups -OCH3 is 1. The van der Waals surface area contributed by atoms with E-state index >= 15 is 0 Å². The summed E-state index contributed by atoms with van der Waals surface area (Å²) in [6.45, 7) is -0.186. The van der Waals surface area contributed by atoms with Crippen molar-refractivity contribution in [3.63, 3.8) is 0 Å². The van der Waals surface area contributed by atoms with Crippen molar-refractivity contribution in [1.82, 2.24) is 0 Å². The smallest absolute Gasteiger partial charge is 0.341 e. The lowest BCUT2D eigenvalue weighted by atomic mass is 10.1. The Morgan fingerprint density at radius 2 is 2.25 bits per heavy atom. The molecule has 1 aromatic carbocycles. The molecular formula is C9H9FN2O4. The lowest BCUT2D eigenvalue weighted by Gasteiger charge is -2.04. The maximum absolute atomic E-state index is 13.3. The largest absolute Gasteiger partial charge is 0.465 e. The molecule has 1 rings (SSSR count). The molecule has 1 aromatic rings. The molecule has 16 heavy (non-hydrogen) atoms. The van der Waals surface area contributed by atoms with Gasteiger partial charge in [0.05, 0.1) is 12.0 Å². The van der Waals surface area contributed by atoms with Crippen LogP contribution >= 0.6 is 0 Å². The van der Waals surface area contributed by atoms with Crippen LogP contribution in [0.1, 0.15) is 15.9 Å². The van der Waals surface area contributed by atoms with Crippen molar-refractivity contribution >= 4 is 11.7 Å². The van der Waals surface area contributed by atoms with Crippen molar-refractivity contribution in [2.24, 2.45) is 5.73 Å². The average Bonchev–Trinajstić information content (AvgIpc) is 2.27. The van der Waals surface area contributed by atoms with E-state index in [1.807, 2.05) is 0 Å². The maximum Gasteiger partial charge on any atom is 0.341 e. The molecular weight excluding hydrogens is 219 g/mol. The molecule has 0 fully saturated rings. The van der Waals surface area contributed by atoms with Crippen LogP contribution in [0.3, 0.4) is 0 Å². The van der Waals surface area contributed by atoms with Crippen LogP contribution in [0.25, 0.3) is 0 Å². The van der Waals surface area contributed by atoms with Gasteiger partial charge in [-0.15, -0.1) is 0 Å². The fourth-order valence-electron chi connectivity index (χ4n) is 1.20. The monoisotopic (exact) mass is 228 g/mol. The van der Waals surface area contributed by atoms with Crippen molar-refractivity contribution in [3.8, 4) is 0 Å². The predicted octanol–water partition coefficient (Wildman–Crippen LogP) is 0.979. The van der Waals surface area contributed by atoms with Gasteiger partial charge in [0.25, 0.3) is 5.69 Å². The number of esters is 1. The predicted molar refractivity (Wildman–Crippen MR) is 52.3 cm³/mol. The SMILES string of the molecule is COC(=O)c1cc([N+](=O)[O-])c(CN)cc1F. The van der Waals surface area contributed by atoms with Gasteiger partial charge in [-0.05, 0) is 6.07 Å². The van der Waals surface area contributed by atoms with Gasteiger partial charge in [0, 0.05) is 18.2 Å².